The van der Waals surface area contributed by atoms with Gasteiger partial charge in [0.05, 0.1) is 6.04 Å². The summed E-state index contributed by atoms with van der Waals surface area (Å²) < 4.78 is 27.9. The van der Waals surface area contributed by atoms with Gasteiger partial charge in [0.1, 0.15) is 10.3 Å². The Labute approximate surface area is 122 Å². The number of hydrogen-bond donors (Lipinski definition) is 2. The molecule has 8 heteroatoms. The number of carbonyl (C=O) groups is 1. The molecule has 2 heterocycles. The van der Waals surface area contributed by atoms with Crippen LogP contribution in [0.1, 0.15) is 37.1 Å². The van der Waals surface area contributed by atoms with Gasteiger partial charge in [-0.25, -0.2) is 13.6 Å². The van der Waals surface area contributed by atoms with Crippen LogP contribution in [0.2, 0.25) is 0 Å². The molecule has 3 N–H and O–H groups in total. The number of sulfonamides is 1. The summed E-state index contributed by atoms with van der Waals surface area (Å²) in [6.07, 6.45) is 2.30. The average Bonchev–Trinajstić information content (AvgIpc) is 2.89. The first kappa shape index (κ1) is 15.4. The maximum Gasteiger partial charge on any atom is 0.249 e. The summed E-state index contributed by atoms with van der Waals surface area (Å²) in [6, 6.07) is 2.85. The Morgan fingerprint density at radius 3 is 2.80 bits per heavy atom. The number of nitrogens with two attached hydrogens (primary N) is 1. The molecule has 112 valence electrons. The second-order valence-electron chi connectivity index (χ2n) is 4.79. The van der Waals surface area contributed by atoms with E-state index in [1.807, 2.05) is 0 Å². The molecule has 1 aromatic heterocycles. The number of primary sulfonamides is 1. The monoisotopic (exact) mass is 318 g/mol. The highest BCUT2D eigenvalue weighted by atomic mass is 32.2. The number of ether oxygens (including phenoxy) is 1. The molecule has 0 aliphatic carbocycles. The standard InChI is InChI=1S/C12H18N2O4S2/c1-8(10-5-6-11(19-10)20(13,16)17)14-12(15)9-4-2-3-7-18-9/h5-6,8-9H,2-4,7H2,1H3,(H,14,15)(H2,13,16,17). The van der Waals surface area contributed by atoms with Crippen molar-refractivity contribution in [1.82, 2.24) is 5.32 Å². The van der Waals surface area contributed by atoms with Crippen LogP contribution in [0.25, 0.3) is 0 Å². The molecule has 1 aliphatic heterocycles. The third kappa shape index (κ3) is 3.78. The predicted molar refractivity (Wildman–Crippen MR) is 75.8 cm³/mol. The maximum absolute atomic E-state index is 12.0. The Hall–Kier alpha value is -0.960. The van der Waals surface area contributed by atoms with Gasteiger partial charge in [-0.05, 0) is 38.3 Å². The molecule has 20 heavy (non-hydrogen) atoms. The van der Waals surface area contributed by atoms with E-state index in [4.69, 9.17) is 9.88 Å². The van der Waals surface area contributed by atoms with Crippen LogP contribution in [-0.4, -0.2) is 27.0 Å². The van der Waals surface area contributed by atoms with E-state index in [0.29, 0.717) is 6.61 Å². The predicted octanol–water partition coefficient (Wildman–Crippen LogP) is 1.14. The van der Waals surface area contributed by atoms with E-state index in [2.05, 4.69) is 5.32 Å². The fourth-order valence-corrected chi connectivity index (χ4v) is 3.80. The fourth-order valence-electron chi connectivity index (χ4n) is 2.04. The lowest BCUT2D eigenvalue weighted by atomic mass is 10.1. The molecule has 1 aromatic rings. The zero-order chi connectivity index (χ0) is 14.8. The zero-order valence-corrected chi connectivity index (χ0v) is 12.8. The SMILES string of the molecule is CC(NC(=O)C1CCCCO1)c1ccc(S(N)(=O)=O)s1. The van der Waals surface area contributed by atoms with E-state index in [1.54, 1.807) is 13.0 Å². The van der Waals surface area contributed by atoms with Crippen molar-refractivity contribution in [2.24, 2.45) is 5.14 Å². The van der Waals surface area contributed by atoms with E-state index < -0.39 is 16.1 Å². The van der Waals surface area contributed by atoms with Crippen LogP contribution >= 0.6 is 11.3 Å². The number of thiophene rings is 1. The van der Waals surface area contributed by atoms with Crippen molar-refractivity contribution in [3.05, 3.63) is 17.0 Å². The van der Waals surface area contributed by atoms with E-state index in [-0.39, 0.29) is 16.2 Å². The van der Waals surface area contributed by atoms with Gasteiger partial charge in [0.15, 0.2) is 0 Å². The van der Waals surface area contributed by atoms with Crippen LogP contribution in [0.15, 0.2) is 16.3 Å². The van der Waals surface area contributed by atoms with Crippen LogP contribution in [-0.2, 0) is 19.6 Å². The van der Waals surface area contributed by atoms with Gasteiger partial charge in [-0.2, -0.15) is 0 Å². The van der Waals surface area contributed by atoms with Crippen LogP contribution in [0.3, 0.4) is 0 Å². The van der Waals surface area contributed by atoms with Gasteiger partial charge in [0, 0.05) is 11.5 Å². The number of amides is 1. The topological polar surface area (TPSA) is 98.5 Å². The molecule has 0 saturated carbocycles. The Balaban J connectivity index is 1.99. The molecular weight excluding hydrogens is 300 g/mol. The maximum atomic E-state index is 12.0. The van der Waals surface area contributed by atoms with E-state index in [0.717, 1.165) is 35.5 Å². The van der Waals surface area contributed by atoms with Gasteiger partial charge >= 0.3 is 0 Å². The Kier molecular flexibility index (Phi) is 4.79. The lowest BCUT2D eigenvalue weighted by molar-refractivity contribution is -0.136. The third-order valence-electron chi connectivity index (χ3n) is 3.14. The van der Waals surface area contributed by atoms with Gasteiger partial charge in [-0.3, -0.25) is 4.79 Å². The van der Waals surface area contributed by atoms with E-state index in [9.17, 15) is 13.2 Å². The van der Waals surface area contributed by atoms with Crippen molar-refractivity contribution >= 4 is 27.3 Å². The lowest BCUT2D eigenvalue weighted by Gasteiger charge is -2.23. The summed E-state index contributed by atoms with van der Waals surface area (Å²) in [5, 5.41) is 7.91. The van der Waals surface area contributed by atoms with Crippen LogP contribution in [0.5, 0.6) is 0 Å². The van der Waals surface area contributed by atoms with Gasteiger partial charge in [0.2, 0.25) is 15.9 Å². The van der Waals surface area contributed by atoms with Gasteiger partial charge in [0.25, 0.3) is 0 Å². The summed E-state index contributed by atoms with van der Waals surface area (Å²) in [4.78, 5) is 12.8. The normalized spacial score (nSPS) is 21.4. The van der Waals surface area contributed by atoms with Crippen LogP contribution in [0, 0.1) is 0 Å². The summed E-state index contributed by atoms with van der Waals surface area (Å²) in [6.45, 7) is 2.42. The second-order valence-corrected chi connectivity index (χ2v) is 7.69. The molecule has 2 rings (SSSR count). The molecule has 1 aliphatic rings. The Morgan fingerprint density at radius 2 is 2.25 bits per heavy atom. The number of rotatable bonds is 4. The van der Waals surface area contributed by atoms with Crippen molar-refractivity contribution in [2.45, 2.75) is 42.5 Å². The first-order valence-electron chi connectivity index (χ1n) is 6.42. The quantitative estimate of drug-likeness (QED) is 0.869. The van der Waals surface area contributed by atoms with Crippen molar-refractivity contribution in [3.63, 3.8) is 0 Å². The Morgan fingerprint density at radius 1 is 1.50 bits per heavy atom. The molecule has 2 unspecified atom stereocenters. The summed E-state index contributed by atoms with van der Waals surface area (Å²) in [5.74, 6) is -0.150. The zero-order valence-electron chi connectivity index (χ0n) is 11.2. The molecular formula is C12H18N2O4S2. The average molecular weight is 318 g/mol. The molecule has 0 spiro atoms. The summed E-state index contributed by atoms with van der Waals surface area (Å²) in [5.41, 5.74) is 0. The van der Waals surface area contributed by atoms with Gasteiger partial charge in [-0.15, -0.1) is 11.3 Å². The second kappa shape index (κ2) is 6.21. The number of nitrogens with one attached hydrogen (secondary N) is 1. The Bertz CT molecular complexity index is 576. The third-order valence-corrected chi connectivity index (χ3v) is 5.85. The molecule has 0 radical (unpaired) electrons. The largest absolute Gasteiger partial charge is 0.368 e. The van der Waals surface area contributed by atoms with Crippen molar-refractivity contribution in [1.29, 1.82) is 0 Å². The fraction of sp³-hybridized carbons (Fsp3) is 0.583. The molecule has 6 nitrogen and oxygen atoms in total. The van der Waals surface area contributed by atoms with Crippen LogP contribution < -0.4 is 10.5 Å². The first-order chi connectivity index (χ1) is 9.38. The van der Waals surface area contributed by atoms with E-state index >= 15 is 0 Å². The molecule has 1 fully saturated rings. The smallest absolute Gasteiger partial charge is 0.249 e. The summed E-state index contributed by atoms with van der Waals surface area (Å²) in [7, 11) is -3.68. The van der Waals surface area contributed by atoms with Crippen molar-refractivity contribution in [2.75, 3.05) is 6.61 Å². The highest BCUT2D eigenvalue weighted by molar-refractivity contribution is 7.91. The number of hydrogen-bond acceptors (Lipinski definition) is 5. The molecule has 1 amide bonds. The lowest BCUT2D eigenvalue weighted by Crippen LogP contribution is -2.39. The molecule has 2 atom stereocenters. The molecule has 1 saturated heterocycles. The van der Waals surface area contributed by atoms with E-state index in [1.165, 1.54) is 6.07 Å². The van der Waals surface area contributed by atoms with Gasteiger partial charge < -0.3 is 10.1 Å². The van der Waals surface area contributed by atoms with Crippen LogP contribution in [0.4, 0.5) is 0 Å². The van der Waals surface area contributed by atoms with Gasteiger partial charge in [-0.1, -0.05) is 0 Å². The minimum absolute atomic E-state index is 0.0996. The minimum atomic E-state index is -3.68. The summed E-state index contributed by atoms with van der Waals surface area (Å²) >= 11 is 1.07. The molecule has 0 bridgehead atoms. The van der Waals surface area contributed by atoms with Crippen molar-refractivity contribution in [3.8, 4) is 0 Å². The van der Waals surface area contributed by atoms with Crippen molar-refractivity contribution < 1.29 is 17.9 Å². The first-order valence-corrected chi connectivity index (χ1v) is 8.79. The minimum Gasteiger partial charge on any atom is -0.368 e. The number of carbonyl (C=O) groups excluding carboxylic acids is 1. The molecule has 0 aromatic carbocycles. The highest BCUT2D eigenvalue weighted by Gasteiger charge is 2.24. The highest BCUT2D eigenvalue weighted by Crippen LogP contribution is 2.26.